The SMILES string of the molecule is COc1ccc([N+](=O)[O-])cc1NC(=O)[C@H](C)Sc1ccccc1Cl. The number of carbonyl (C=O) groups is 1. The molecule has 1 N–H and O–H groups in total. The van der Waals surface area contributed by atoms with Crippen LogP contribution in [0.15, 0.2) is 47.4 Å². The Bertz CT molecular complexity index is 769. The lowest BCUT2D eigenvalue weighted by molar-refractivity contribution is -0.384. The number of nitro groups is 1. The maximum atomic E-state index is 12.4. The average Bonchev–Trinajstić information content (AvgIpc) is 2.56. The molecule has 0 heterocycles. The van der Waals surface area contributed by atoms with Crippen molar-refractivity contribution in [3.8, 4) is 5.75 Å². The van der Waals surface area contributed by atoms with Gasteiger partial charge >= 0.3 is 0 Å². The topological polar surface area (TPSA) is 81.5 Å². The molecular weight excluding hydrogens is 352 g/mol. The van der Waals surface area contributed by atoms with Crippen LogP contribution in [0, 0.1) is 10.1 Å². The summed E-state index contributed by atoms with van der Waals surface area (Å²) in [7, 11) is 1.43. The smallest absolute Gasteiger partial charge is 0.271 e. The number of hydrogen-bond donors (Lipinski definition) is 1. The fourth-order valence-electron chi connectivity index (χ4n) is 1.93. The number of anilines is 1. The number of halogens is 1. The van der Waals surface area contributed by atoms with Crippen molar-refractivity contribution in [1.29, 1.82) is 0 Å². The lowest BCUT2D eigenvalue weighted by Gasteiger charge is -2.14. The summed E-state index contributed by atoms with van der Waals surface area (Å²) in [6, 6.07) is 11.2. The molecule has 6 nitrogen and oxygen atoms in total. The van der Waals surface area contributed by atoms with Crippen LogP contribution in [0.1, 0.15) is 6.92 Å². The first-order chi connectivity index (χ1) is 11.4. The van der Waals surface area contributed by atoms with Crippen molar-refractivity contribution in [1.82, 2.24) is 0 Å². The van der Waals surface area contributed by atoms with Crippen LogP contribution in [0.2, 0.25) is 5.02 Å². The fraction of sp³-hybridized carbons (Fsp3) is 0.188. The molecule has 0 saturated heterocycles. The van der Waals surface area contributed by atoms with Crippen LogP contribution in [-0.2, 0) is 4.79 Å². The number of hydrogen-bond acceptors (Lipinski definition) is 5. The van der Waals surface area contributed by atoms with Crippen molar-refractivity contribution in [2.75, 3.05) is 12.4 Å². The molecule has 0 fully saturated rings. The highest BCUT2D eigenvalue weighted by Gasteiger charge is 2.19. The van der Waals surface area contributed by atoms with Gasteiger partial charge in [-0.3, -0.25) is 14.9 Å². The third-order valence-electron chi connectivity index (χ3n) is 3.16. The van der Waals surface area contributed by atoms with Gasteiger partial charge < -0.3 is 10.1 Å². The zero-order valence-corrected chi connectivity index (χ0v) is 14.6. The van der Waals surface area contributed by atoms with E-state index in [1.807, 2.05) is 18.2 Å². The Labute approximate surface area is 148 Å². The van der Waals surface area contributed by atoms with E-state index in [0.29, 0.717) is 10.8 Å². The number of methoxy groups -OCH3 is 1. The minimum atomic E-state index is -0.531. The van der Waals surface area contributed by atoms with Gasteiger partial charge in [-0.2, -0.15) is 0 Å². The Morgan fingerprint density at radius 3 is 2.67 bits per heavy atom. The van der Waals surface area contributed by atoms with Gasteiger partial charge in [0.15, 0.2) is 0 Å². The third-order valence-corrected chi connectivity index (χ3v) is 4.78. The minimum Gasteiger partial charge on any atom is -0.495 e. The summed E-state index contributed by atoms with van der Waals surface area (Å²) >= 11 is 7.39. The number of rotatable bonds is 6. The molecular formula is C16H15ClN2O4S. The lowest BCUT2D eigenvalue weighted by atomic mass is 10.2. The normalized spacial score (nSPS) is 11.6. The molecule has 24 heavy (non-hydrogen) atoms. The van der Waals surface area contributed by atoms with Crippen LogP contribution in [0.5, 0.6) is 5.75 Å². The van der Waals surface area contributed by atoms with E-state index in [2.05, 4.69) is 5.32 Å². The number of ether oxygens (including phenoxy) is 1. The monoisotopic (exact) mass is 366 g/mol. The van der Waals surface area contributed by atoms with E-state index >= 15 is 0 Å². The molecule has 0 aliphatic carbocycles. The number of nitrogens with one attached hydrogen (secondary N) is 1. The van der Waals surface area contributed by atoms with E-state index < -0.39 is 10.2 Å². The van der Waals surface area contributed by atoms with Gasteiger partial charge in [-0.25, -0.2) is 0 Å². The van der Waals surface area contributed by atoms with Gasteiger partial charge in [0, 0.05) is 17.0 Å². The molecule has 2 rings (SSSR count). The van der Waals surface area contributed by atoms with Crippen molar-refractivity contribution in [2.24, 2.45) is 0 Å². The first-order valence-electron chi connectivity index (χ1n) is 6.97. The Balaban J connectivity index is 2.15. The number of benzene rings is 2. The van der Waals surface area contributed by atoms with E-state index in [1.165, 1.54) is 37.1 Å². The van der Waals surface area contributed by atoms with Gasteiger partial charge in [0.2, 0.25) is 5.91 Å². The van der Waals surface area contributed by atoms with Gasteiger partial charge in [0.05, 0.1) is 28.0 Å². The van der Waals surface area contributed by atoms with Crippen molar-refractivity contribution < 1.29 is 14.5 Å². The first kappa shape index (κ1) is 18.1. The van der Waals surface area contributed by atoms with Gasteiger partial charge in [-0.05, 0) is 25.1 Å². The summed E-state index contributed by atoms with van der Waals surface area (Å²) in [6.07, 6.45) is 0. The van der Waals surface area contributed by atoms with Crippen LogP contribution >= 0.6 is 23.4 Å². The number of non-ortho nitro benzene ring substituents is 1. The zero-order chi connectivity index (χ0) is 17.7. The van der Waals surface area contributed by atoms with Crippen molar-refractivity contribution in [3.05, 3.63) is 57.6 Å². The Kier molecular flexibility index (Phi) is 6.05. The summed E-state index contributed by atoms with van der Waals surface area (Å²) in [5.41, 5.74) is 0.126. The highest BCUT2D eigenvalue weighted by atomic mass is 35.5. The van der Waals surface area contributed by atoms with E-state index in [0.717, 1.165) is 4.90 Å². The molecule has 0 aromatic heterocycles. The average molecular weight is 367 g/mol. The second-order valence-electron chi connectivity index (χ2n) is 4.82. The third kappa shape index (κ3) is 4.39. The molecule has 126 valence electrons. The Morgan fingerprint density at radius 1 is 1.33 bits per heavy atom. The minimum absolute atomic E-state index is 0.127. The van der Waals surface area contributed by atoms with E-state index in [9.17, 15) is 14.9 Å². The molecule has 0 saturated carbocycles. The Morgan fingerprint density at radius 2 is 2.04 bits per heavy atom. The Hall–Kier alpha value is -2.25. The van der Waals surface area contributed by atoms with Gasteiger partial charge in [-0.1, -0.05) is 23.7 Å². The molecule has 1 atom stereocenters. The van der Waals surface area contributed by atoms with E-state index in [4.69, 9.17) is 16.3 Å². The number of nitrogens with zero attached hydrogens (tertiary/aromatic N) is 1. The number of nitro benzene ring substituents is 1. The van der Waals surface area contributed by atoms with Gasteiger partial charge in [-0.15, -0.1) is 11.8 Å². The van der Waals surface area contributed by atoms with Crippen molar-refractivity contribution in [3.63, 3.8) is 0 Å². The second kappa shape index (κ2) is 8.03. The highest BCUT2D eigenvalue weighted by Crippen LogP contribution is 2.32. The quantitative estimate of drug-likeness (QED) is 0.466. The molecule has 2 aromatic rings. The largest absolute Gasteiger partial charge is 0.495 e. The predicted molar refractivity (Wildman–Crippen MR) is 95.0 cm³/mol. The van der Waals surface area contributed by atoms with Crippen molar-refractivity contribution >= 4 is 40.6 Å². The van der Waals surface area contributed by atoms with Crippen molar-refractivity contribution in [2.45, 2.75) is 17.1 Å². The maximum Gasteiger partial charge on any atom is 0.271 e. The molecule has 0 unspecified atom stereocenters. The number of carbonyl (C=O) groups excluding carboxylic acids is 1. The molecule has 0 bridgehead atoms. The lowest BCUT2D eigenvalue weighted by Crippen LogP contribution is -2.22. The molecule has 0 spiro atoms. The summed E-state index contributed by atoms with van der Waals surface area (Å²) in [6.45, 7) is 1.73. The molecule has 2 aromatic carbocycles. The second-order valence-corrected chi connectivity index (χ2v) is 6.61. The van der Waals surface area contributed by atoms with Gasteiger partial charge in [0.25, 0.3) is 5.69 Å². The van der Waals surface area contributed by atoms with Crippen LogP contribution in [0.4, 0.5) is 11.4 Å². The molecule has 1 amide bonds. The van der Waals surface area contributed by atoms with Crippen LogP contribution < -0.4 is 10.1 Å². The number of amides is 1. The fourth-order valence-corrected chi connectivity index (χ4v) is 3.08. The number of thioether (sulfide) groups is 1. The molecule has 0 aliphatic heterocycles. The van der Waals surface area contributed by atoms with E-state index in [-0.39, 0.29) is 17.3 Å². The van der Waals surface area contributed by atoms with Gasteiger partial charge in [0.1, 0.15) is 5.75 Å². The summed E-state index contributed by atoms with van der Waals surface area (Å²) < 4.78 is 5.13. The highest BCUT2D eigenvalue weighted by molar-refractivity contribution is 8.00. The summed E-state index contributed by atoms with van der Waals surface area (Å²) in [5, 5.41) is 13.7. The molecule has 0 radical (unpaired) electrons. The van der Waals surface area contributed by atoms with Crippen LogP contribution in [0.25, 0.3) is 0 Å². The standard InChI is InChI=1S/C16H15ClN2O4S/c1-10(24-15-6-4-3-5-12(15)17)16(20)18-13-9-11(19(21)22)7-8-14(13)23-2/h3-10H,1-2H3,(H,18,20)/t10-/m0/s1. The van der Waals surface area contributed by atoms with Crippen LogP contribution in [-0.4, -0.2) is 23.2 Å². The molecule has 0 aliphatic rings. The van der Waals surface area contributed by atoms with E-state index in [1.54, 1.807) is 13.0 Å². The van der Waals surface area contributed by atoms with Crippen LogP contribution in [0.3, 0.4) is 0 Å². The summed E-state index contributed by atoms with van der Waals surface area (Å²) in [5.74, 6) is 0.0441. The molecule has 8 heteroatoms. The zero-order valence-electron chi connectivity index (χ0n) is 13.0. The first-order valence-corrected chi connectivity index (χ1v) is 8.22. The predicted octanol–water partition coefficient (Wildman–Crippen LogP) is 4.38. The maximum absolute atomic E-state index is 12.4. The summed E-state index contributed by atoms with van der Waals surface area (Å²) in [4.78, 5) is 23.5.